The second-order valence-electron chi connectivity index (χ2n) is 3.25. The Hall–Kier alpha value is -0.260. The van der Waals surface area contributed by atoms with Gasteiger partial charge in [-0.1, -0.05) is 25.5 Å². The zero-order valence-corrected chi connectivity index (χ0v) is 6.52. The average molecular weight is 123 g/mol. The summed E-state index contributed by atoms with van der Waals surface area (Å²) in [5.74, 6) is 1.50. The van der Waals surface area contributed by atoms with Crippen LogP contribution in [0.5, 0.6) is 0 Å². The van der Waals surface area contributed by atoms with Gasteiger partial charge in [0.05, 0.1) is 0 Å². The van der Waals surface area contributed by atoms with Gasteiger partial charge in [0.2, 0.25) is 0 Å². The van der Waals surface area contributed by atoms with E-state index in [9.17, 15) is 0 Å². The first-order valence-corrected chi connectivity index (χ1v) is 3.71. The Balaban J connectivity index is 2.56. The molecule has 0 heterocycles. The minimum absolute atomic E-state index is 0.703. The fourth-order valence-electron chi connectivity index (χ4n) is 1.67. The Morgan fingerprint density at radius 2 is 2.11 bits per heavy atom. The summed E-state index contributed by atoms with van der Waals surface area (Å²) in [4.78, 5) is 0. The smallest absolute Gasteiger partial charge is 0.0225 e. The van der Waals surface area contributed by atoms with Crippen molar-refractivity contribution >= 4 is 0 Å². The third kappa shape index (κ3) is 1.85. The highest BCUT2D eigenvalue weighted by molar-refractivity contribution is 5.11. The van der Waals surface area contributed by atoms with Crippen LogP contribution in [0.2, 0.25) is 0 Å². The van der Waals surface area contributed by atoms with Crippen molar-refractivity contribution in [2.45, 2.75) is 27.2 Å². The van der Waals surface area contributed by atoms with E-state index in [0.29, 0.717) is 5.92 Å². The summed E-state index contributed by atoms with van der Waals surface area (Å²) >= 11 is 0. The summed E-state index contributed by atoms with van der Waals surface area (Å²) in [5, 5.41) is 0. The van der Waals surface area contributed by atoms with Gasteiger partial charge in [-0.05, 0) is 31.6 Å². The summed E-state index contributed by atoms with van der Waals surface area (Å²) in [6.45, 7) is 6.76. The van der Waals surface area contributed by atoms with E-state index in [2.05, 4.69) is 33.3 Å². The molecule has 51 valence electrons. The fourth-order valence-corrected chi connectivity index (χ4v) is 1.67. The van der Waals surface area contributed by atoms with Gasteiger partial charge >= 0.3 is 0 Å². The van der Waals surface area contributed by atoms with Crippen LogP contribution in [0.25, 0.3) is 0 Å². The van der Waals surface area contributed by atoms with E-state index in [1.807, 2.05) is 0 Å². The van der Waals surface area contributed by atoms with Gasteiger partial charge in [-0.15, -0.1) is 0 Å². The van der Waals surface area contributed by atoms with E-state index in [1.54, 1.807) is 5.57 Å². The zero-order valence-electron chi connectivity index (χ0n) is 6.52. The Morgan fingerprint density at radius 3 is 2.56 bits per heavy atom. The molecule has 9 heavy (non-hydrogen) atoms. The molecule has 0 aromatic heterocycles. The highest BCUT2D eigenvalue weighted by Crippen LogP contribution is 2.25. The molecule has 2 unspecified atom stereocenters. The summed E-state index contributed by atoms with van der Waals surface area (Å²) in [6.07, 6.45) is 6.03. The van der Waals surface area contributed by atoms with Crippen molar-refractivity contribution in [3.63, 3.8) is 0 Å². The van der Waals surface area contributed by atoms with Crippen molar-refractivity contribution in [3.8, 4) is 0 Å². The second-order valence-corrected chi connectivity index (χ2v) is 3.25. The van der Waals surface area contributed by atoms with Crippen LogP contribution in [0.1, 0.15) is 27.2 Å². The van der Waals surface area contributed by atoms with Crippen molar-refractivity contribution in [1.82, 2.24) is 0 Å². The van der Waals surface area contributed by atoms with Gasteiger partial charge < -0.3 is 0 Å². The first-order valence-electron chi connectivity index (χ1n) is 3.71. The molecular weight excluding hydrogens is 108 g/mol. The SMILES string of the molecule is CC1=CC(C)[CH]C(C)C1. The molecular formula is C9H15. The van der Waals surface area contributed by atoms with Crippen molar-refractivity contribution in [2.24, 2.45) is 11.8 Å². The first kappa shape index (κ1) is 6.85. The van der Waals surface area contributed by atoms with Crippen LogP contribution in [0.4, 0.5) is 0 Å². The lowest BCUT2D eigenvalue weighted by Crippen LogP contribution is -2.08. The standard InChI is InChI=1S/C9H15/c1-7-4-8(2)6-9(3)5-7/h4-5,7-8H,6H2,1-3H3. The molecule has 1 aliphatic rings. The molecule has 0 saturated heterocycles. The van der Waals surface area contributed by atoms with Crippen LogP contribution in [0.3, 0.4) is 0 Å². The number of allylic oxidation sites excluding steroid dienone is 2. The highest BCUT2D eigenvalue weighted by Gasteiger charge is 2.12. The molecule has 0 fully saturated rings. The molecule has 1 rings (SSSR count). The lowest BCUT2D eigenvalue weighted by molar-refractivity contribution is 0.561. The van der Waals surface area contributed by atoms with E-state index in [0.717, 1.165) is 5.92 Å². The Kier molecular flexibility index (Phi) is 1.94. The van der Waals surface area contributed by atoms with Gasteiger partial charge in [-0.3, -0.25) is 0 Å². The predicted octanol–water partition coefficient (Wildman–Crippen LogP) is 2.81. The maximum atomic E-state index is 2.41. The molecule has 0 bridgehead atoms. The predicted molar refractivity (Wildman–Crippen MR) is 41.0 cm³/mol. The molecule has 0 aromatic carbocycles. The molecule has 1 radical (unpaired) electrons. The van der Waals surface area contributed by atoms with Gasteiger partial charge in [0.1, 0.15) is 0 Å². The van der Waals surface area contributed by atoms with Crippen LogP contribution >= 0.6 is 0 Å². The Morgan fingerprint density at radius 1 is 1.44 bits per heavy atom. The fraction of sp³-hybridized carbons (Fsp3) is 0.667. The lowest BCUT2D eigenvalue weighted by Gasteiger charge is -2.20. The van der Waals surface area contributed by atoms with Gasteiger partial charge in [0, 0.05) is 0 Å². The molecule has 0 N–H and O–H groups in total. The maximum Gasteiger partial charge on any atom is -0.0225 e. The van der Waals surface area contributed by atoms with Crippen LogP contribution < -0.4 is 0 Å². The minimum atomic E-state index is 0.703. The quantitative estimate of drug-likeness (QED) is 0.434. The first-order chi connectivity index (χ1) is 4.18. The molecule has 0 nitrogen and oxygen atoms in total. The van der Waals surface area contributed by atoms with Gasteiger partial charge in [-0.2, -0.15) is 0 Å². The van der Waals surface area contributed by atoms with E-state index >= 15 is 0 Å². The van der Waals surface area contributed by atoms with Crippen molar-refractivity contribution in [3.05, 3.63) is 18.1 Å². The molecule has 1 aliphatic carbocycles. The van der Waals surface area contributed by atoms with E-state index < -0.39 is 0 Å². The van der Waals surface area contributed by atoms with Crippen molar-refractivity contribution in [2.75, 3.05) is 0 Å². The van der Waals surface area contributed by atoms with E-state index in [-0.39, 0.29) is 0 Å². The third-order valence-electron chi connectivity index (χ3n) is 1.82. The topological polar surface area (TPSA) is 0 Å². The normalized spacial score (nSPS) is 36.1. The van der Waals surface area contributed by atoms with Crippen LogP contribution in [0, 0.1) is 18.3 Å². The third-order valence-corrected chi connectivity index (χ3v) is 1.82. The summed E-state index contributed by atoms with van der Waals surface area (Å²) < 4.78 is 0. The monoisotopic (exact) mass is 123 g/mol. The van der Waals surface area contributed by atoms with E-state index in [1.165, 1.54) is 6.42 Å². The summed E-state index contributed by atoms with van der Waals surface area (Å²) in [6, 6.07) is 0. The molecule has 0 aromatic rings. The molecule has 0 amide bonds. The zero-order chi connectivity index (χ0) is 6.85. The minimum Gasteiger partial charge on any atom is -0.0825 e. The number of hydrogen-bond acceptors (Lipinski definition) is 0. The largest absolute Gasteiger partial charge is 0.0825 e. The second kappa shape index (κ2) is 2.55. The van der Waals surface area contributed by atoms with Crippen LogP contribution in [0.15, 0.2) is 11.6 Å². The van der Waals surface area contributed by atoms with Crippen molar-refractivity contribution < 1.29 is 0 Å². The molecule has 0 aliphatic heterocycles. The molecule has 0 spiro atoms. The van der Waals surface area contributed by atoms with Crippen molar-refractivity contribution in [1.29, 1.82) is 0 Å². The molecule has 0 heteroatoms. The number of rotatable bonds is 0. The van der Waals surface area contributed by atoms with E-state index in [4.69, 9.17) is 0 Å². The maximum absolute atomic E-state index is 2.41. The Labute approximate surface area is 58.0 Å². The molecule has 2 atom stereocenters. The Bertz CT molecular complexity index is 122. The van der Waals surface area contributed by atoms with Crippen LogP contribution in [-0.2, 0) is 0 Å². The van der Waals surface area contributed by atoms with Gasteiger partial charge in [-0.25, -0.2) is 0 Å². The average Bonchev–Trinajstić information content (AvgIpc) is 1.59. The van der Waals surface area contributed by atoms with Gasteiger partial charge in [0.25, 0.3) is 0 Å². The van der Waals surface area contributed by atoms with Gasteiger partial charge in [0.15, 0.2) is 0 Å². The number of hydrogen-bond donors (Lipinski definition) is 0. The lowest BCUT2D eigenvalue weighted by atomic mass is 9.85. The highest BCUT2D eigenvalue weighted by atomic mass is 14.2. The summed E-state index contributed by atoms with van der Waals surface area (Å²) in [7, 11) is 0. The summed E-state index contributed by atoms with van der Waals surface area (Å²) in [5.41, 5.74) is 1.55. The van der Waals surface area contributed by atoms with Crippen LogP contribution in [-0.4, -0.2) is 0 Å². The molecule has 0 saturated carbocycles.